The van der Waals surface area contributed by atoms with Gasteiger partial charge in [-0.25, -0.2) is 8.42 Å². The molecule has 0 amide bonds. The Kier molecular flexibility index (Phi) is 3.03. The van der Waals surface area contributed by atoms with Crippen LogP contribution in [0.1, 0.15) is 19.3 Å². The Morgan fingerprint density at radius 2 is 1.87 bits per heavy atom. The fourth-order valence-corrected chi connectivity index (χ4v) is 4.41. The van der Waals surface area contributed by atoms with Gasteiger partial charge in [0.05, 0.1) is 6.61 Å². The first-order chi connectivity index (χ1) is 7.12. The number of hydrogen-bond acceptors (Lipinski definition) is 4. The molecule has 0 unspecified atom stereocenters. The normalized spacial score (nSPS) is 27.3. The highest BCUT2D eigenvalue weighted by molar-refractivity contribution is 7.90. The molecule has 0 radical (unpaired) electrons. The van der Waals surface area contributed by atoms with Crippen LogP contribution in [-0.2, 0) is 10.0 Å². The lowest BCUT2D eigenvalue weighted by Gasteiger charge is -2.43. The van der Waals surface area contributed by atoms with E-state index in [9.17, 15) is 13.5 Å². The average molecular weight is 234 g/mol. The molecule has 88 valence electrons. The lowest BCUT2D eigenvalue weighted by atomic mass is 9.85. The summed E-state index contributed by atoms with van der Waals surface area (Å²) in [6.45, 7) is 2.24. The van der Waals surface area contributed by atoms with Crippen molar-refractivity contribution in [3.8, 4) is 0 Å². The molecule has 6 heteroatoms. The topological polar surface area (TPSA) is 69.6 Å². The molecule has 1 aliphatic carbocycles. The van der Waals surface area contributed by atoms with Gasteiger partial charge in [-0.3, -0.25) is 0 Å². The van der Waals surface area contributed by atoms with Gasteiger partial charge in [0.25, 0.3) is 0 Å². The van der Waals surface area contributed by atoms with E-state index in [1.807, 2.05) is 0 Å². The minimum atomic E-state index is -3.29. The average Bonchev–Trinajstić information content (AvgIpc) is 2.18. The lowest BCUT2D eigenvalue weighted by Crippen LogP contribution is -2.58. The van der Waals surface area contributed by atoms with E-state index < -0.39 is 14.8 Å². The van der Waals surface area contributed by atoms with Gasteiger partial charge in [0, 0.05) is 26.2 Å². The Bertz CT molecular complexity index is 313. The first-order valence-corrected chi connectivity index (χ1v) is 6.88. The molecule has 0 aromatic heterocycles. The molecule has 1 heterocycles. The van der Waals surface area contributed by atoms with Crippen LogP contribution in [0.2, 0.25) is 0 Å². The van der Waals surface area contributed by atoms with Gasteiger partial charge >= 0.3 is 0 Å². The van der Waals surface area contributed by atoms with Gasteiger partial charge in [-0.2, -0.15) is 4.31 Å². The molecular formula is C9H18N2O3S. The van der Waals surface area contributed by atoms with Crippen molar-refractivity contribution < 1.29 is 13.5 Å². The smallest absolute Gasteiger partial charge is 0.222 e. The van der Waals surface area contributed by atoms with Crippen LogP contribution in [0.3, 0.4) is 0 Å². The molecule has 5 nitrogen and oxygen atoms in total. The van der Waals surface area contributed by atoms with E-state index in [0.29, 0.717) is 39.0 Å². The van der Waals surface area contributed by atoms with Crippen molar-refractivity contribution >= 4 is 10.0 Å². The van der Waals surface area contributed by atoms with E-state index >= 15 is 0 Å². The minimum absolute atomic E-state index is 0.237. The van der Waals surface area contributed by atoms with Crippen LogP contribution in [0.5, 0.6) is 0 Å². The first kappa shape index (κ1) is 11.3. The third-order valence-corrected chi connectivity index (χ3v) is 6.19. The molecule has 1 aliphatic heterocycles. The summed E-state index contributed by atoms with van der Waals surface area (Å²) in [4.78, 5) is 0. The molecule has 0 spiro atoms. The summed E-state index contributed by atoms with van der Waals surface area (Å²) in [6.07, 6.45) is 2.12. The van der Waals surface area contributed by atoms with E-state index in [2.05, 4.69) is 5.32 Å². The second kappa shape index (κ2) is 4.01. The van der Waals surface area contributed by atoms with Crippen LogP contribution >= 0.6 is 0 Å². The van der Waals surface area contributed by atoms with Crippen LogP contribution in [0.15, 0.2) is 0 Å². The maximum atomic E-state index is 12.3. The van der Waals surface area contributed by atoms with E-state index in [4.69, 9.17) is 0 Å². The van der Waals surface area contributed by atoms with E-state index in [1.54, 1.807) is 0 Å². The number of rotatable bonds is 3. The zero-order valence-electron chi connectivity index (χ0n) is 8.78. The summed E-state index contributed by atoms with van der Waals surface area (Å²) in [7, 11) is -3.29. The Morgan fingerprint density at radius 1 is 1.27 bits per heavy atom. The minimum Gasteiger partial charge on any atom is -0.395 e. The maximum Gasteiger partial charge on any atom is 0.222 e. The highest BCUT2D eigenvalue weighted by Crippen LogP contribution is 2.40. The first-order valence-electron chi connectivity index (χ1n) is 5.44. The molecule has 0 bridgehead atoms. The predicted octanol–water partition coefficient (Wildman–Crippen LogP) is -0.864. The van der Waals surface area contributed by atoms with Crippen molar-refractivity contribution in [1.82, 2.24) is 9.62 Å². The van der Waals surface area contributed by atoms with E-state index in [0.717, 1.165) is 6.42 Å². The quantitative estimate of drug-likeness (QED) is 0.666. The number of sulfonamides is 1. The summed E-state index contributed by atoms with van der Waals surface area (Å²) in [5.41, 5.74) is 0. The zero-order chi connectivity index (χ0) is 10.9. The number of piperazine rings is 1. The van der Waals surface area contributed by atoms with Crippen LogP contribution in [-0.4, -0.2) is 55.4 Å². The van der Waals surface area contributed by atoms with Gasteiger partial charge in [-0.05, 0) is 12.8 Å². The molecule has 1 saturated heterocycles. The van der Waals surface area contributed by atoms with Gasteiger partial charge in [-0.1, -0.05) is 6.42 Å². The van der Waals surface area contributed by atoms with Crippen LogP contribution in [0.4, 0.5) is 0 Å². The summed E-state index contributed by atoms with van der Waals surface area (Å²) in [6, 6.07) is 0. The molecule has 1 saturated carbocycles. The number of nitrogens with zero attached hydrogens (tertiary/aromatic N) is 1. The van der Waals surface area contributed by atoms with Gasteiger partial charge < -0.3 is 10.4 Å². The number of hydrogen-bond donors (Lipinski definition) is 2. The van der Waals surface area contributed by atoms with Crippen LogP contribution in [0.25, 0.3) is 0 Å². The Labute approximate surface area is 90.5 Å². The molecule has 2 fully saturated rings. The van der Waals surface area contributed by atoms with Gasteiger partial charge in [-0.15, -0.1) is 0 Å². The lowest BCUT2D eigenvalue weighted by molar-refractivity contribution is 0.172. The highest BCUT2D eigenvalue weighted by Gasteiger charge is 2.51. The Balaban J connectivity index is 2.17. The largest absolute Gasteiger partial charge is 0.395 e. The third kappa shape index (κ3) is 1.69. The van der Waals surface area contributed by atoms with Crippen molar-refractivity contribution in [2.24, 2.45) is 0 Å². The number of aliphatic hydroxyl groups is 1. The van der Waals surface area contributed by atoms with Gasteiger partial charge in [0.15, 0.2) is 0 Å². The second-order valence-corrected chi connectivity index (χ2v) is 6.68. The summed E-state index contributed by atoms with van der Waals surface area (Å²) >= 11 is 0. The summed E-state index contributed by atoms with van der Waals surface area (Å²) in [5, 5.41) is 12.4. The fraction of sp³-hybridized carbons (Fsp3) is 1.00. The molecule has 0 aromatic carbocycles. The number of aliphatic hydroxyl groups excluding tert-OH is 1. The molecular weight excluding hydrogens is 216 g/mol. The van der Waals surface area contributed by atoms with Crippen molar-refractivity contribution in [3.63, 3.8) is 0 Å². The van der Waals surface area contributed by atoms with Crippen molar-refractivity contribution in [3.05, 3.63) is 0 Å². The molecule has 0 aromatic rings. The second-order valence-electron chi connectivity index (χ2n) is 4.35. The van der Waals surface area contributed by atoms with Crippen LogP contribution < -0.4 is 5.32 Å². The van der Waals surface area contributed by atoms with Crippen LogP contribution in [0, 0.1) is 0 Å². The van der Waals surface area contributed by atoms with Gasteiger partial charge in [0.1, 0.15) is 4.75 Å². The summed E-state index contributed by atoms with van der Waals surface area (Å²) < 4.78 is 25.2. The third-order valence-electron chi connectivity index (χ3n) is 3.52. The number of nitrogens with one attached hydrogen (secondary N) is 1. The molecule has 0 atom stereocenters. The molecule has 2 aliphatic rings. The van der Waals surface area contributed by atoms with Crippen molar-refractivity contribution in [2.75, 3.05) is 32.8 Å². The van der Waals surface area contributed by atoms with Gasteiger partial charge in [0.2, 0.25) is 10.0 Å². The van der Waals surface area contributed by atoms with Crippen molar-refractivity contribution in [1.29, 1.82) is 0 Å². The molecule has 2 N–H and O–H groups in total. The SMILES string of the molecule is O=S(=O)(N1CCNCC1)C1(CO)CCC1. The molecule has 15 heavy (non-hydrogen) atoms. The Hall–Kier alpha value is -0.170. The highest BCUT2D eigenvalue weighted by atomic mass is 32.2. The monoisotopic (exact) mass is 234 g/mol. The Morgan fingerprint density at radius 3 is 2.27 bits per heavy atom. The van der Waals surface area contributed by atoms with Crippen molar-refractivity contribution in [2.45, 2.75) is 24.0 Å². The maximum absolute atomic E-state index is 12.3. The zero-order valence-corrected chi connectivity index (χ0v) is 9.59. The standard InChI is InChI=1S/C9H18N2O3S/c12-8-9(2-1-3-9)15(13,14)11-6-4-10-5-7-11/h10,12H,1-8H2. The van der Waals surface area contributed by atoms with E-state index in [-0.39, 0.29) is 6.61 Å². The van der Waals surface area contributed by atoms with E-state index in [1.165, 1.54) is 4.31 Å². The summed E-state index contributed by atoms with van der Waals surface area (Å²) in [5.74, 6) is 0. The fourth-order valence-electron chi connectivity index (χ4n) is 2.23. The predicted molar refractivity (Wildman–Crippen MR) is 57.0 cm³/mol. The molecule has 2 rings (SSSR count).